The van der Waals surface area contributed by atoms with Crippen molar-refractivity contribution in [3.8, 4) is 0 Å². The minimum absolute atomic E-state index is 0. The summed E-state index contributed by atoms with van der Waals surface area (Å²) >= 11 is 0. The van der Waals surface area contributed by atoms with Crippen LogP contribution in [0.25, 0.3) is 0 Å². The molecule has 6 heteroatoms. The monoisotopic (exact) mass is 292 g/mol. The van der Waals surface area contributed by atoms with Crippen LogP contribution in [0.4, 0.5) is 0 Å². The summed E-state index contributed by atoms with van der Waals surface area (Å²) in [5, 5.41) is 0. The van der Waals surface area contributed by atoms with E-state index in [1.54, 1.807) is 12.1 Å². The zero-order valence-corrected chi connectivity index (χ0v) is 8.92. The Balaban J connectivity index is 0. The molecule has 1 aromatic carbocycles. The molecule has 0 unspecified atom stereocenters. The number of aryl methyl sites for hydroxylation is 1. The molecule has 0 saturated heterocycles. The predicted octanol–water partition coefficient (Wildman–Crippen LogP) is 1.17. The van der Waals surface area contributed by atoms with Crippen molar-refractivity contribution < 1.29 is 13.0 Å². The van der Waals surface area contributed by atoms with Gasteiger partial charge in [-0.2, -0.15) is 8.42 Å². The van der Waals surface area contributed by atoms with Crippen LogP contribution in [0.3, 0.4) is 0 Å². The summed E-state index contributed by atoms with van der Waals surface area (Å²) in [6.45, 7) is 1.84. The third-order valence-corrected chi connectivity index (χ3v) is 2.19. The molecule has 0 spiro atoms. The van der Waals surface area contributed by atoms with Crippen molar-refractivity contribution in [3.05, 3.63) is 29.8 Å². The molecule has 0 aliphatic carbocycles. The second-order valence-corrected chi connectivity index (χ2v) is 3.71. The quantitative estimate of drug-likeness (QED) is 0.625. The molecule has 0 bridgehead atoms. The summed E-state index contributed by atoms with van der Waals surface area (Å²) in [6, 6.07) is 5.99. The van der Waals surface area contributed by atoms with E-state index in [4.69, 9.17) is 4.55 Å². The van der Waals surface area contributed by atoms with Gasteiger partial charge >= 0.3 is 51.4 Å². The fourth-order valence-electron chi connectivity index (χ4n) is 0.710. The fourth-order valence-corrected chi connectivity index (χ4v) is 1.19. The van der Waals surface area contributed by atoms with E-state index in [9.17, 15) is 8.42 Å². The van der Waals surface area contributed by atoms with E-state index in [0.717, 1.165) is 5.56 Å². The Hall–Kier alpha value is 1.25. The number of rotatable bonds is 1. The van der Waals surface area contributed by atoms with Gasteiger partial charge in [-0.15, -0.1) is 17.0 Å². The molecule has 0 aliphatic rings. The van der Waals surface area contributed by atoms with Gasteiger partial charge in [0, 0.05) is 0 Å². The van der Waals surface area contributed by atoms with E-state index >= 15 is 0 Å². The molecule has 0 heterocycles. The van der Waals surface area contributed by atoms with Gasteiger partial charge in [0.05, 0.1) is 4.90 Å². The number of hydrogen-bond acceptors (Lipinski definition) is 2. The van der Waals surface area contributed by atoms with Gasteiger partial charge < -0.3 is 0 Å². The van der Waals surface area contributed by atoms with Crippen molar-refractivity contribution in [1.29, 1.82) is 0 Å². The Morgan fingerprint density at radius 1 is 1.15 bits per heavy atom. The molecule has 0 amide bonds. The Labute approximate surface area is 131 Å². The van der Waals surface area contributed by atoms with Gasteiger partial charge in [0.25, 0.3) is 10.1 Å². The minimum atomic E-state index is -4.02. The normalized spacial score (nSPS) is 9.69. The summed E-state index contributed by atoms with van der Waals surface area (Å²) in [6.07, 6.45) is 0. The predicted molar refractivity (Wildman–Crippen MR) is 58.5 cm³/mol. The zero-order chi connectivity index (χ0) is 8.48. The summed E-state index contributed by atoms with van der Waals surface area (Å²) < 4.78 is 29.6. The molecule has 0 aliphatic heterocycles. The molecule has 1 rings (SSSR count). The van der Waals surface area contributed by atoms with E-state index in [1.165, 1.54) is 12.1 Å². The molecule has 0 atom stereocenters. The van der Waals surface area contributed by atoms with Crippen LogP contribution >= 0.6 is 17.0 Å². The number of halogens is 1. The standard InChI is InChI=1S/C7H8O3S.BrH.K.H/c1-6-2-4-7(5-3-6)11(8,9)10;;;/h2-5H,1H3,(H,8,9,10);1H;;. The van der Waals surface area contributed by atoms with E-state index < -0.39 is 10.1 Å². The van der Waals surface area contributed by atoms with Crippen LogP contribution in [0.1, 0.15) is 5.56 Å². The summed E-state index contributed by atoms with van der Waals surface area (Å²) in [7, 11) is -4.02. The average molecular weight is 293 g/mol. The average Bonchev–Trinajstić information content (AvgIpc) is 1.86. The van der Waals surface area contributed by atoms with Crippen LogP contribution in [-0.2, 0) is 10.1 Å². The molecule has 0 aromatic heterocycles. The van der Waals surface area contributed by atoms with E-state index in [-0.39, 0.29) is 73.3 Å². The molecule has 1 N–H and O–H groups in total. The first-order valence-electron chi connectivity index (χ1n) is 3.04. The van der Waals surface area contributed by atoms with Gasteiger partial charge in [-0.3, -0.25) is 4.55 Å². The second-order valence-electron chi connectivity index (χ2n) is 2.29. The first-order valence-corrected chi connectivity index (χ1v) is 4.48. The SMILES string of the molecule is Br.Cc1ccc(S(=O)(=O)O)cc1.[KH]. The van der Waals surface area contributed by atoms with Crippen LogP contribution in [0.2, 0.25) is 0 Å². The second kappa shape index (κ2) is 6.68. The van der Waals surface area contributed by atoms with Crippen LogP contribution in [0.5, 0.6) is 0 Å². The van der Waals surface area contributed by atoms with Crippen LogP contribution in [0.15, 0.2) is 29.2 Å². The van der Waals surface area contributed by atoms with Crippen molar-refractivity contribution in [2.24, 2.45) is 0 Å². The molecule has 3 nitrogen and oxygen atoms in total. The van der Waals surface area contributed by atoms with Crippen molar-refractivity contribution in [2.45, 2.75) is 11.8 Å². The Morgan fingerprint density at radius 3 is 1.85 bits per heavy atom. The molecule has 0 radical (unpaired) electrons. The Kier molecular flexibility index (Phi) is 8.56. The van der Waals surface area contributed by atoms with Gasteiger partial charge in [-0.1, -0.05) is 17.7 Å². The maximum atomic E-state index is 10.5. The van der Waals surface area contributed by atoms with Gasteiger partial charge in [-0.25, -0.2) is 0 Å². The fraction of sp³-hybridized carbons (Fsp3) is 0.143. The first-order chi connectivity index (χ1) is 5.00. The van der Waals surface area contributed by atoms with E-state index in [1.807, 2.05) is 6.92 Å². The van der Waals surface area contributed by atoms with Gasteiger partial charge in [0.2, 0.25) is 0 Å². The van der Waals surface area contributed by atoms with Gasteiger partial charge in [0.15, 0.2) is 0 Å². The summed E-state index contributed by atoms with van der Waals surface area (Å²) in [5.74, 6) is 0. The van der Waals surface area contributed by atoms with Crippen molar-refractivity contribution in [1.82, 2.24) is 0 Å². The molecular formula is C7H10BrKO3S. The Morgan fingerprint density at radius 2 is 1.54 bits per heavy atom. The Bertz CT molecular complexity index is 347. The molecule has 70 valence electrons. The van der Waals surface area contributed by atoms with Crippen LogP contribution in [-0.4, -0.2) is 64.4 Å². The van der Waals surface area contributed by atoms with E-state index in [0.29, 0.717) is 0 Å². The maximum absolute atomic E-state index is 10.5. The zero-order valence-electron chi connectivity index (χ0n) is 6.39. The van der Waals surface area contributed by atoms with Crippen molar-refractivity contribution in [3.63, 3.8) is 0 Å². The van der Waals surface area contributed by atoms with Gasteiger partial charge in [-0.05, 0) is 19.1 Å². The molecule has 0 fully saturated rings. The van der Waals surface area contributed by atoms with E-state index in [2.05, 4.69) is 0 Å². The molecule has 0 saturated carbocycles. The third-order valence-electron chi connectivity index (χ3n) is 1.32. The summed E-state index contributed by atoms with van der Waals surface area (Å²) in [4.78, 5) is -0.0666. The number of benzene rings is 1. The van der Waals surface area contributed by atoms with Crippen molar-refractivity contribution >= 4 is 78.5 Å². The van der Waals surface area contributed by atoms with Crippen LogP contribution in [0, 0.1) is 6.92 Å². The molecule has 1 aromatic rings. The van der Waals surface area contributed by atoms with Crippen molar-refractivity contribution in [2.75, 3.05) is 0 Å². The first kappa shape index (κ1) is 16.7. The van der Waals surface area contributed by atoms with Gasteiger partial charge in [0.1, 0.15) is 0 Å². The summed E-state index contributed by atoms with van der Waals surface area (Å²) in [5.41, 5.74) is 0.956. The molecule has 13 heavy (non-hydrogen) atoms. The number of hydrogen-bond donors (Lipinski definition) is 1. The topological polar surface area (TPSA) is 54.4 Å². The molecular weight excluding hydrogens is 283 g/mol. The van der Waals surface area contributed by atoms with Crippen LogP contribution < -0.4 is 0 Å². The third kappa shape index (κ3) is 5.63.